The van der Waals surface area contributed by atoms with Crippen molar-refractivity contribution in [3.63, 3.8) is 0 Å². The molecule has 5 rings (SSSR count). The predicted molar refractivity (Wildman–Crippen MR) is 106 cm³/mol. The van der Waals surface area contributed by atoms with Crippen LogP contribution in [0.3, 0.4) is 0 Å². The Bertz CT molecular complexity index is 852. The number of thiol groups is 1. The first-order chi connectivity index (χ1) is 13.0. The van der Waals surface area contributed by atoms with Gasteiger partial charge in [-0.05, 0) is 37.3 Å². The van der Waals surface area contributed by atoms with Crippen LogP contribution in [-0.2, 0) is 16.5 Å². The van der Waals surface area contributed by atoms with Crippen LogP contribution in [-0.4, -0.2) is 40.3 Å². The zero-order valence-corrected chi connectivity index (χ0v) is 16.8. The molecular formula is C20H26N4O2S. The lowest BCUT2D eigenvalue weighted by Crippen LogP contribution is -2.34. The third-order valence-corrected chi connectivity index (χ3v) is 6.70. The van der Waals surface area contributed by atoms with Gasteiger partial charge in [-0.25, -0.2) is 4.98 Å². The van der Waals surface area contributed by atoms with Gasteiger partial charge in [0.1, 0.15) is 5.82 Å². The molecule has 0 radical (unpaired) electrons. The van der Waals surface area contributed by atoms with Crippen molar-refractivity contribution in [1.29, 1.82) is 0 Å². The van der Waals surface area contributed by atoms with E-state index >= 15 is 0 Å². The fourth-order valence-electron chi connectivity index (χ4n) is 4.95. The van der Waals surface area contributed by atoms with Crippen LogP contribution in [0, 0.1) is 6.92 Å². The number of nitrogens with zero attached hydrogens (tertiary/aromatic N) is 4. The number of anilines is 1. The Morgan fingerprint density at radius 1 is 1.19 bits per heavy atom. The second kappa shape index (κ2) is 6.50. The summed E-state index contributed by atoms with van der Waals surface area (Å²) >= 11 is 4.65. The van der Waals surface area contributed by atoms with E-state index in [2.05, 4.69) is 37.1 Å². The molecule has 144 valence electrons. The minimum atomic E-state index is -0.308. The Hall–Kier alpha value is -1.57. The van der Waals surface area contributed by atoms with Crippen molar-refractivity contribution in [2.75, 3.05) is 24.1 Å². The molecule has 1 saturated carbocycles. The number of hydrogen-bond donors (Lipinski definition) is 1. The molecule has 2 aromatic rings. The van der Waals surface area contributed by atoms with E-state index in [9.17, 15) is 0 Å². The molecule has 1 saturated heterocycles. The zero-order chi connectivity index (χ0) is 18.6. The van der Waals surface area contributed by atoms with Crippen molar-refractivity contribution in [2.45, 2.75) is 50.2 Å². The highest BCUT2D eigenvalue weighted by Crippen LogP contribution is 2.45. The topological polar surface area (TPSA) is 52.4 Å². The van der Waals surface area contributed by atoms with Crippen molar-refractivity contribution < 1.29 is 9.47 Å². The molecule has 2 aromatic heterocycles. The molecule has 4 heterocycles. The molecule has 27 heavy (non-hydrogen) atoms. The van der Waals surface area contributed by atoms with Crippen molar-refractivity contribution in [3.05, 3.63) is 40.8 Å². The summed E-state index contributed by atoms with van der Waals surface area (Å²) in [5.41, 5.74) is 4.95. The van der Waals surface area contributed by atoms with Gasteiger partial charge in [0.2, 0.25) is 0 Å². The zero-order valence-electron chi connectivity index (χ0n) is 15.9. The van der Waals surface area contributed by atoms with Gasteiger partial charge in [-0.15, -0.1) is 0 Å². The lowest BCUT2D eigenvalue weighted by Gasteiger charge is -2.35. The molecule has 1 spiro atoms. The molecule has 0 amide bonds. The van der Waals surface area contributed by atoms with Gasteiger partial charge in [-0.1, -0.05) is 12.8 Å². The molecule has 0 N–H and O–H groups in total. The number of ether oxygens (including phenoxy) is 2. The van der Waals surface area contributed by atoms with Gasteiger partial charge >= 0.3 is 0 Å². The van der Waals surface area contributed by atoms with Crippen LogP contribution in [0.15, 0.2) is 18.5 Å². The van der Waals surface area contributed by atoms with E-state index in [1.54, 1.807) is 0 Å². The van der Waals surface area contributed by atoms with Gasteiger partial charge < -0.3 is 13.8 Å². The molecule has 2 fully saturated rings. The van der Waals surface area contributed by atoms with Gasteiger partial charge in [0, 0.05) is 55.9 Å². The Labute approximate surface area is 165 Å². The summed E-state index contributed by atoms with van der Waals surface area (Å²) in [6.45, 7) is 4.37. The number of aromatic nitrogens is 3. The Morgan fingerprint density at radius 2 is 1.93 bits per heavy atom. The van der Waals surface area contributed by atoms with Crippen LogP contribution in [0.4, 0.5) is 5.82 Å². The summed E-state index contributed by atoms with van der Waals surface area (Å²) in [4.78, 5) is 4.78. The molecule has 1 aliphatic carbocycles. The molecule has 2 aliphatic heterocycles. The van der Waals surface area contributed by atoms with E-state index in [4.69, 9.17) is 14.5 Å². The Kier molecular flexibility index (Phi) is 4.22. The number of fused-ring (bicyclic) bond motifs is 1. The average molecular weight is 387 g/mol. The maximum Gasteiger partial charge on any atom is 0.168 e. The summed E-state index contributed by atoms with van der Waals surface area (Å²) in [5.74, 6) is 1.46. The summed E-state index contributed by atoms with van der Waals surface area (Å²) in [7, 11) is 1.98. The van der Waals surface area contributed by atoms with Crippen molar-refractivity contribution in [3.8, 4) is 0 Å². The van der Waals surface area contributed by atoms with Gasteiger partial charge in [0.25, 0.3) is 0 Å². The Morgan fingerprint density at radius 3 is 2.59 bits per heavy atom. The fraction of sp³-hybridized carbons (Fsp3) is 0.600. The first-order valence-corrected chi connectivity index (χ1v) is 10.2. The first kappa shape index (κ1) is 17.5. The van der Waals surface area contributed by atoms with E-state index in [1.807, 2.05) is 22.2 Å². The number of hydrogen-bond acceptors (Lipinski definition) is 6. The van der Waals surface area contributed by atoms with Crippen LogP contribution in [0.5, 0.6) is 0 Å². The third kappa shape index (κ3) is 2.96. The second-order valence-electron chi connectivity index (χ2n) is 8.04. The molecule has 7 heteroatoms. The van der Waals surface area contributed by atoms with Gasteiger partial charge in [0.05, 0.1) is 18.9 Å². The standard InChI is InChI=1S/C20H26N4O2S/c1-13-17(11-23(2)22-13)18-12-24(27)19-16(18)9-15(10-21-19)14-3-5-20(6-4-14)25-7-8-26-20/h9-11,14,18,27H,3-8,12H2,1-2H3. The highest BCUT2D eigenvalue weighted by atomic mass is 32.1. The van der Waals surface area contributed by atoms with E-state index in [-0.39, 0.29) is 11.7 Å². The normalized spacial score (nSPS) is 24.7. The van der Waals surface area contributed by atoms with Crippen LogP contribution < -0.4 is 4.31 Å². The molecule has 0 aromatic carbocycles. The maximum atomic E-state index is 5.88. The number of rotatable bonds is 2. The Balaban J connectivity index is 1.42. The van der Waals surface area contributed by atoms with E-state index in [0.29, 0.717) is 5.92 Å². The first-order valence-electron chi connectivity index (χ1n) is 9.79. The predicted octanol–water partition coefficient (Wildman–Crippen LogP) is 3.32. The van der Waals surface area contributed by atoms with Crippen LogP contribution in [0.25, 0.3) is 0 Å². The summed E-state index contributed by atoms with van der Waals surface area (Å²) in [6.07, 6.45) is 8.28. The monoisotopic (exact) mass is 386 g/mol. The summed E-state index contributed by atoms with van der Waals surface area (Å²) < 4.78 is 15.6. The largest absolute Gasteiger partial charge is 0.348 e. The smallest absolute Gasteiger partial charge is 0.168 e. The van der Waals surface area contributed by atoms with Gasteiger partial charge in [0.15, 0.2) is 5.79 Å². The minimum Gasteiger partial charge on any atom is -0.348 e. The van der Waals surface area contributed by atoms with Gasteiger partial charge in [-0.2, -0.15) is 5.10 Å². The van der Waals surface area contributed by atoms with Crippen molar-refractivity contribution in [2.24, 2.45) is 7.05 Å². The molecule has 6 nitrogen and oxygen atoms in total. The van der Waals surface area contributed by atoms with Crippen LogP contribution in [0.1, 0.15) is 59.9 Å². The molecule has 1 atom stereocenters. The van der Waals surface area contributed by atoms with E-state index in [0.717, 1.165) is 57.0 Å². The van der Waals surface area contributed by atoms with Crippen molar-refractivity contribution >= 4 is 18.6 Å². The van der Waals surface area contributed by atoms with Gasteiger partial charge in [-0.3, -0.25) is 4.68 Å². The lowest BCUT2D eigenvalue weighted by molar-refractivity contribution is -0.178. The maximum absolute atomic E-state index is 5.88. The highest BCUT2D eigenvalue weighted by Gasteiger charge is 2.41. The van der Waals surface area contributed by atoms with Crippen LogP contribution in [0.2, 0.25) is 0 Å². The highest BCUT2D eigenvalue weighted by molar-refractivity contribution is 7.81. The van der Waals surface area contributed by atoms with Crippen molar-refractivity contribution in [1.82, 2.24) is 14.8 Å². The quantitative estimate of drug-likeness (QED) is 0.803. The fourth-order valence-corrected chi connectivity index (χ4v) is 5.28. The molecule has 0 bridgehead atoms. The summed E-state index contributed by atoms with van der Waals surface area (Å²) in [6, 6.07) is 2.36. The second-order valence-corrected chi connectivity index (χ2v) is 8.52. The SMILES string of the molecule is Cc1nn(C)cc1C1CN(S)c2ncc(C3CCC4(CC3)OCCO4)cc21. The third-order valence-electron chi connectivity index (χ3n) is 6.35. The van der Waals surface area contributed by atoms with Crippen LogP contribution >= 0.6 is 12.8 Å². The van der Waals surface area contributed by atoms with E-state index in [1.165, 1.54) is 16.7 Å². The average Bonchev–Trinajstić information content (AvgIpc) is 3.34. The molecule has 1 unspecified atom stereocenters. The molecule has 3 aliphatic rings. The number of aryl methyl sites for hydroxylation is 2. The summed E-state index contributed by atoms with van der Waals surface area (Å²) in [5, 5.41) is 4.53. The van der Waals surface area contributed by atoms with E-state index < -0.39 is 0 Å². The lowest BCUT2D eigenvalue weighted by atomic mass is 9.80. The number of pyridine rings is 1. The minimum absolute atomic E-state index is 0.273. The molecular weight excluding hydrogens is 360 g/mol.